The van der Waals surface area contributed by atoms with E-state index < -0.39 is 0 Å². The van der Waals surface area contributed by atoms with Gasteiger partial charge in [0.15, 0.2) is 0 Å². The van der Waals surface area contributed by atoms with E-state index >= 15 is 0 Å². The Hall–Kier alpha value is -0.700. The van der Waals surface area contributed by atoms with Gasteiger partial charge in [0.25, 0.3) is 0 Å². The van der Waals surface area contributed by atoms with Crippen molar-refractivity contribution in [2.45, 2.75) is 13.8 Å². The molecule has 0 unspecified atom stereocenters. The lowest BCUT2D eigenvalue weighted by atomic mass is 10.3. The molecule has 0 aromatic carbocycles. The molecule has 0 aromatic rings. The van der Waals surface area contributed by atoms with Crippen molar-refractivity contribution in [3.63, 3.8) is 0 Å². The molecular weight excluding hydrogens is 72.1 g/mol. The summed E-state index contributed by atoms with van der Waals surface area (Å²) < 4.78 is 0. The van der Waals surface area contributed by atoms with Gasteiger partial charge in [-0.15, -0.1) is 6.42 Å². The van der Waals surface area contributed by atoms with Crippen molar-refractivity contribution in [3.05, 3.63) is 11.6 Å². The Balaban J connectivity index is 3.61. The fourth-order valence-electron chi connectivity index (χ4n) is 0.0833. The average Bonchev–Trinajstić information content (AvgIpc) is 1.65. The minimum Gasteiger partial charge on any atom is -0.115 e. The van der Waals surface area contributed by atoms with Crippen molar-refractivity contribution < 1.29 is 0 Å². The van der Waals surface area contributed by atoms with Crippen LogP contribution >= 0.6 is 0 Å². The number of hydrogen-bond donors (Lipinski definition) is 0. The van der Waals surface area contributed by atoms with E-state index in [2.05, 4.69) is 5.92 Å². The van der Waals surface area contributed by atoms with Gasteiger partial charge in [-0.1, -0.05) is 12.0 Å². The van der Waals surface area contributed by atoms with Crippen LogP contribution in [-0.4, -0.2) is 0 Å². The Morgan fingerprint density at radius 1 is 1.83 bits per heavy atom. The molecule has 0 N–H and O–H groups in total. The topological polar surface area (TPSA) is 0 Å². The van der Waals surface area contributed by atoms with Gasteiger partial charge in [-0.2, -0.15) is 0 Å². The molecule has 0 spiro atoms. The van der Waals surface area contributed by atoms with E-state index in [1.165, 1.54) is 0 Å². The number of hydrogen-bond acceptors (Lipinski definition) is 0. The highest BCUT2D eigenvalue weighted by Crippen LogP contribution is 1.83. The standard InChI is InChI=1S/C6H8/c1-4-6(3)5-2/h1,5H,2-3H3. The third-order valence-corrected chi connectivity index (χ3v) is 0.661. The monoisotopic (exact) mass is 80.1 g/mol. The third kappa shape index (κ3) is 1.60. The molecule has 0 aliphatic rings. The first-order chi connectivity index (χ1) is 2.81. The lowest BCUT2D eigenvalue weighted by Crippen LogP contribution is -1.58. The quantitative estimate of drug-likeness (QED) is 0.387. The van der Waals surface area contributed by atoms with E-state index in [0.717, 1.165) is 5.57 Å². The summed E-state index contributed by atoms with van der Waals surface area (Å²) in [5.41, 5.74) is 0.995. The molecule has 0 atom stereocenters. The maximum absolute atomic E-state index is 4.96. The van der Waals surface area contributed by atoms with E-state index in [1.807, 2.05) is 19.9 Å². The summed E-state index contributed by atoms with van der Waals surface area (Å²) in [7, 11) is 0. The molecule has 0 amide bonds. The Labute approximate surface area is 38.9 Å². The zero-order valence-corrected chi connectivity index (χ0v) is 4.15. The van der Waals surface area contributed by atoms with E-state index in [-0.39, 0.29) is 0 Å². The first-order valence-electron chi connectivity index (χ1n) is 1.90. The molecule has 0 radical (unpaired) electrons. The highest BCUT2D eigenvalue weighted by Gasteiger charge is 1.66. The lowest BCUT2D eigenvalue weighted by Gasteiger charge is -1.74. The van der Waals surface area contributed by atoms with Crippen LogP contribution in [0.15, 0.2) is 11.6 Å². The molecule has 0 heteroatoms. The van der Waals surface area contributed by atoms with Crippen LogP contribution in [-0.2, 0) is 0 Å². The minimum atomic E-state index is 0.995. The van der Waals surface area contributed by atoms with Gasteiger partial charge in [0.1, 0.15) is 0 Å². The van der Waals surface area contributed by atoms with Crippen molar-refractivity contribution in [3.8, 4) is 12.3 Å². The molecule has 0 nitrogen and oxygen atoms in total. The normalized spacial score (nSPS) is 10.5. The van der Waals surface area contributed by atoms with E-state index in [9.17, 15) is 0 Å². The fourth-order valence-corrected chi connectivity index (χ4v) is 0.0833. The van der Waals surface area contributed by atoms with Crippen molar-refractivity contribution in [2.75, 3.05) is 0 Å². The van der Waals surface area contributed by atoms with Crippen molar-refractivity contribution >= 4 is 0 Å². The predicted octanol–water partition coefficient (Wildman–Crippen LogP) is 1.59. The molecule has 0 rings (SSSR count). The van der Waals surface area contributed by atoms with Crippen LogP contribution < -0.4 is 0 Å². The number of terminal acetylenes is 1. The second-order valence-corrected chi connectivity index (χ2v) is 1.12. The maximum Gasteiger partial charge on any atom is -0.00561 e. The summed E-state index contributed by atoms with van der Waals surface area (Å²) in [6, 6.07) is 0. The highest BCUT2D eigenvalue weighted by molar-refractivity contribution is 5.21. The van der Waals surface area contributed by atoms with Gasteiger partial charge in [0, 0.05) is 0 Å². The maximum atomic E-state index is 4.96. The van der Waals surface area contributed by atoms with Gasteiger partial charge < -0.3 is 0 Å². The molecule has 0 bridgehead atoms. The summed E-state index contributed by atoms with van der Waals surface area (Å²) in [5, 5.41) is 0. The first-order valence-corrected chi connectivity index (χ1v) is 1.90. The van der Waals surface area contributed by atoms with Crippen LogP contribution in [0.5, 0.6) is 0 Å². The van der Waals surface area contributed by atoms with Crippen LogP contribution in [0.1, 0.15) is 13.8 Å². The van der Waals surface area contributed by atoms with Gasteiger partial charge in [0.05, 0.1) is 0 Å². The van der Waals surface area contributed by atoms with Crippen LogP contribution in [0.3, 0.4) is 0 Å². The molecule has 0 fully saturated rings. The van der Waals surface area contributed by atoms with Crippen LogP contribution in [0.25, 0.3) is 0 Å². The summed E-state index contributed by atoms with van der Waals surface area (Å²) in [4.78, 5) is 0. The molecule has 0 aliphatic carbocycles. The van der Waals surface area contributed by atoms with Crippen molar-refractivity contribution in [1.82, 2.24) is 0 Å². The second kappa shape index (κ2) is 2.53. The van der Waals surface area contributed by atoms with Gasteiger partial charge >= 0.3 is 0 Å². The van der Waals surface area contributed by atoms with Gasteiger partial charge in [-0.3, -0.25) is 0 Å². The van der Waals surface area contributed by atoms with Crippen LogP contribution in [0.2, 0.25) is 0 Å². The average molecular weight is 80.1 g/mol. The predicted molar refractivity (Wildman–Crippen MR) is 28.3 cm³/mol. The molecule has 32 valence electrons. The smallest absolute Gasteiger partial charge is 0.00561 e. The second-order valence-electron chi connectivity index (χ2n) is 1.12. The molecule has 0 saturated heterocycles. The molecule has 0 saturated carbocycles. The van der Waals surface area contributed by atoms with Gasteiger partial charge in [-0.05, 0) is 19.4 Å². The Kier molecular flexibility index (Phi) is 2.24. The minimum absolute atomic E-state index is 0.995. The number of allylic oxidation sites excluding steroid dienone is 2. The largest absolute Gasteiger partial charge is 0.115 e. The van der Waals surface area contributed by atoms with E-state index in [1.54, 1.807) is 0 Å². The molecule has 6 heavy (non-hydrogen) atoms. The third-order valence-electron chi connectivity index (χ3n) is 0.661. The zero-order chi connectivity index (χ0) is 4.99. The fraction of sp³-hybridized carbons (Fsp3) is 0.333. The number of rotatable bonds is 0. The van der Waals surface area contributed by atoms with Crippen molar-refractivity contribution in [1.29, 1.82) is 0 Å². The van der Waals surface area contributed by atoms with Crippen LogP contribution in [0.4, 0.5) is 0 Å². The molecule has 0 aliphatic heterocycles. The zero-order valence-electron chi connectivity index (χ0n) is 4.15. The summed E-state index contributed by atoms with van der Waals surface area (Å²) in [6.07, 6.45) is 6.87. The van der Waals surface area contributed by atoms with Crippen LogP contribution in [0, 0.1) is 12.3 Å². The van der Waals surface area contributed by atoms with Crippen molar-refractivity contribution in [2.24, 2.45) is 0 Å². The molecule has 0 aromatic heterocycles. The highest BCUT2D eigenvalue weighted by atomic mass is 13.7. The lowest BCUT2D eigenvalue weighted by molar-refractivity contribution is 1.52. The first kappa shape index (κ1) is 5.30. The summed E-state index contributed by atoms with van der Waals surface area (Å²) >= 11 is 0. The Bertz CT molecular complexity index is 91.1. The van der Waals surface area contributed by atoms with Gasteiger partial charge in [0.2, 0.25) is 0 Å². The van der Waals surface area contributed by atoms with Gasteiger partial charge in [-0.25, -0.2) is 0 Å². The Morgan fingerprint density at radius 2 is 2.33 bits per heavy atom. The SMILES string of the molecule is C#CC(C)=CC. The summed E-state index contributed by atoms with van der Waals surface area (Å²) in [6.45, 7) is 3.83. The molecule has 0 heterocycles. The van der Waals surface area contributed by atoms with E-state index in [4.69, 9.17) is 6.42 Å². The van der Waals surface area contributed by atoms with E-state index in [0.29, 0.717) is 0 Å². The Morgan fingerprint density at radius 3 is 2.33 bits per heavy atom. The molecular formula is C6H8. The summed E-state index contributed by atoms with van der Waals surface area (Å²) in [5.74, 6) is 2.48.